The molecule has 0 spiro atoms. The zero-order valence-electron chi connectivity index (χ0n) is 12.3. The maximum Gasteiger partial charge on any atom is 0.144 e. The van der Waals surface area contributed by atoms with Crippen LogP contribution >= 0.6 is 0 Å². The number of amidine groups is 1. The van der Waals surface area contributed by atoms with Gasteiger partial charge in [0.1, 0.15) is 5.84 Å². The van der Waals surface area contributed by atoms with Gasteiger partial charge in [0.2, 0.25) is 0 Å². The predicted octanol–water partition coefficient (Wildman–Crippen LogP) is 2.81. The minimum Gasteiger partial charge on any atom is -0.409 e. The van der Waals surface area contributed by atoms with Crippen molar-refractivity contribution in [3.63, 3.8) is 0 Å². The summed E-state index contributed by atoms with van der Waals surface area (Å²) < 4.78 is 0. The largest absolute Gasteiger partial charge is 0.409 e. The summed E-state index contributed by atoms with van der Waals surface area (Å²) in [4.78, 5) is 0. The summed E-state index contributed by atoms with van der Waals surface area (Å²) >= 11 is 0. The van der Waals surface area contributed by atoms with Gasteiger partial charge in [-0.05, 0) is 32.4 Å². The number of benzene rings is 1. The van der Waals surface area contributed by atoms with Crippen molar-refractivity contribution >= 4 is 5.84 Å². The number of aryl methyl sites for hydroxylation is 1. The Kier molecular flexibility index (Phi) is 5.36. The highest BCUT2D eigenvalue weighted by Gasteiger charge is 2.23. The van der Waals surface area contributed by atoms with Crippen LogP contribution in [0.25, 0.3) is 0 Å². The first-order valence-electron chi connectivity index (χ1n) is 6.65. The van der Waals surface area contributed by atoms with Gasteiger partial charge in [0, 0.05) is 11.5 Å². The standard InChI is InChI=1S/C15H25N3O/c1-11-5-7-13(8-6-11)12(2)17-10-9-15(3,4)14(16)18-19/h5-8,12,17,19H,9-10H2,1-4H3,(H2,16,18). The lowest BCUT2D eigenvalue weighted by Gasteiger charge is -2.24. The van der Waals surface area contributed by atoms with Crippen molar-refractivity contribution < 1.29 is 5.21 Å². The van der Waals surface area contributed by atoms with Crippen LogP contribution in [0.3, 0.4) is 0 Å². The molecule has 0 bridgehead atoms. The second-order valence-corrected chi connectivity index (χ2v) is 5.71. The van der Waals surface area contributed by atoms with Crippen LogP contribution in [0, 0.1) is 12.3 Å². The first kappa shape index (κ1) is 15.5. The van der Waals surface area contributed by atoms with Crippen molar-refractivity contribution in [1.82, 2.24) is 5.32 Å². The molecule has 1 rings (SSSR count). The second-order valence-electron chi connectivity index (χ2n) is 5.71. The van der Waals surface area contributed by atoms with E-state index in [0.717, 1.165) is 13.0 Å². The van der Waals surface area contributed by atoms with Crippen LogP contribution in [0.2, 0.25) is 0 Å². The molecule has 1 aromatic carbocycles. The van der Waals surface area contributed by atoms with Crippen molar-refractivity contribution in [1.29, 1.82) is 0 Å². The van der Waals surface area contributed by atoms with E-state index < -0.39 is 0 Å². The fourth-order valence-corrected chi connectivity index (χ4v) is 1.84. The number of nitrogens with two attached hydrogens (primary N) is 1. The van der Waals surface area contributed by atoms with Crippen LogP contribution in [-0.4, -0.2) is 17.6 Å². The van der Waals surface area contributed by atoms with Gasteiger partial charge >= 0.3 is 0 Å². The lowest BCUT2D eigenvalue weighted by Crippen LogP contribution is -2.35. The smallest absolute Gasteiger partial charge is 0.144 e. The lowest BCUT2D eigenvalue weighted by molar-refractivity contribution is 0.304. The molecule has 0 radical (unpaired) electrons. The van der Waals surface area contributed by atoms with Gasteiger partial charge in [-0.3, -0.25) is 0 Å². The van der Waals surface area contributed by atoms with E-state index in [1.54, 1.807) is 0 Å². The van der Waals surface area contributed by atoms with Gasteiger partial charge in [-0.25, -0.2) is 0 Å². The van der Waals surface area contributed by atoms with Crippen LogP contribution in [0.5, 0.6) is 0 Å². The topological polar surface area (TPSA) is 70.6 Å². The number of nitrogens with one attached hydrogen (secondary N) is 1. The molecule has 4 nitrogen and oxygen atoms in total. The van der Waals surface area contributed by atoms with Crippen LogP contribution in [0.1, 0.15) is 44.4 Å². The van der Waals surface area contributed by atoms with E-state index in [4.69, 9.17) is 10.9 Å². The highest BCUT2D eigenvalue weighted by atomic mass is 16.4. The zero-order chi connectivity index (χ0) is 14.5. The first-order chi connectivity index (χ1) is 8.86. The van der Waals surface area contributed by atoms with Gasteiger partial charge in [0.25, 0.3) is 0 Å². The monoisotopic (exact) mass is 263 g/mol. The molecule has 0 heterocycles. The van der Waals surface area contributed by atoms with Crippen molar-refractivity contribution in [3.05, 3.63) is 35.4 Å². The number of nitrogens with zero attached hydrogens (tertiary/aromatic N) is 1. The van der Waals surface area contributed by atoms with E-state index in [0.29, 0.717) is 6.04 Å². The molecule has 0 aliphatic rings. The molecule has 4 heteroatoms. The van der Waals surface area contributed by atoms with E-state index in [1.165, 1.54) is 11.1 Å². The minimum absolute atomic E-state index is 0.275. The summed E-state index contributed by atoms with van der Waals surface area (Å²) in [7, 11) is 0. The average molecular weight is 263 g/mol. The quantitative estimate of drug-likeness (QED) is 0.320. The summed E-state index contributed by atoms with van der Waals surface area (Å²) in [5, 5.41) is 15.3. The van der Waals surface area contributed by atoms with Gasteiger partial charge in [-0.15, -0.1) is 0 Å². The molecular formula is C15H25N3O. The summed E-state index contributed by atoms with van der Waals surface area (Å²) in [6.07, 6.45) is 0.819. The molecule has 0 aliphatic carbocycles. The number of hydrogen-bond acceptors (Lipinski definition) is 3. The summed E-state index contributed by atoms with van der Waals surface area (Å²) in [6, 6.07) is 8.81. The molecule has 106 valence electrons. The zero-order valence-corrected chi connectivity index (χ0v) is 12.3. The van der Waals surface area contributed by atoms with Crippen LogP contribution < -0.4 is 11.1 Å². The van der Waals surface area contributed by atoms with Crippen LogP contribution in [0.15, 0.2) is 29.4 Å². The Bertz CT molecular complexity index is 424. The van der Waals surface area contributed by atoms with E-state index in [2.05, 4.69) is 48.6 Å². The molecule has 19 heavy (non-hydrogen) atoms. The maximum absolute atomic E-state index is 8.73. The van der Waals surface area contributed by atoms with Crippen LogP contribution in [0.4, 0.5) is 0 Å². The lowest BCUT2D eigenvalue weighted by atomic mass is 9.88. The Hall–Kier alpha value is -1.55. The molecular weight excluding hydrogens is 238 g/mol. The molecule has 1 atom stereocenters. The molecule has 0 fully saturated rings. The predicted molar refractivity (Wildman–Crippen MR) is 79.4 cm³/mol. The Labute approximate surface area is 115 Å². The fraction of sp³-hybridized carbons (Fsp3) is 0.533. The van der Waals surface area contributed by atoms with E-state index in [1.807, 2.05) is 13.8 Å². The third-order valence-corrected chi connectivity index (χ3v) is 3.58. The van der Waals surface area contributed by atoms with Gasteiger partial charge in [-0.1, -0.05) is 48.8 Å². The molecule has 1 aromatic rings. The molecule has 0 aliphatic heterocycles. The van der Waals surface area contributed by atoms with E-state index in [9.17, 15) is 0 Å². The highest BCUT2D eigenvalue weighted by molar-refractivity contribution is 5.85. The van der Waals surface area contributed by atoms with Crippen molar-refractivity contribution in [3.8, 4) is 0 Å². The molecule has 0 saturated carbocycles. The van der Waals surface area contributed by atoms with Gasteiger partial charge in [0.15, 0.2) is 0 Å². The Morgan fingerprint density at radius 3 is 2.47 bits per heavy atom. The van der Waals surface area contributed by atoms with Crippen molar-refractivity contribution in [2.24, 2.45) is 16.3 Å². The number of oxime groups is 1. The number of hydrogen-bond donors (Lipinski definition) is 3. The van der Waals surface area contributed by atoms with E-state index >= 15 is 0 Å². The molecule has 1 unspecified atom stereocenters. The first-order valence-corrected chi connectivity index (χ1v) is 6.65. The Morgan fingerprint density at radius 1 is 1.37 bits per heavy atom. The SMILES string of the molecule is Cc1ccc(C(C)NCCC(C)(C)C(N)=NO)cc1. The minimum atomic E-state index is -0.297. The maximum atomic E-state index is 8.73. The molecule has 0 amide bonds. The Balaban J connectivity index is 2.47. The third-order valence-electron chi connectivity index (χ3n) is 3.58. The van der Waals surface area contributed by atoms with Gasteiger partial charge in [0.05, 0.1) is 0 Å². The summed E-state index contributed by atoms with van der Waals surface area (Å²) in [6.45, 7) is 8.99. The fourth-order valence-electron chi connectivity index (χ4n) is 1.84. The number of rotatable bonds is 6. The van der Waals surface area contributed by atoms with Crippen molar-refractivity contribution in [2.75, 3.05) is 6.54 Å². The van der Waals surface area contributed by atoms with Gasteiger partial charge in [-0.2, -0.15) is 0 Å². The summed E-state index contributed by atoms with van der Waals surface area (Å²) in [5.74, 6) is 0.275. The molecule has 0 aromatic heterocycles. The van der Waals surface area contributed by atoms with E-state index in [-0.39, 0.29) is 11.3 Å². The molecule has 4 N–H and O–H groups in total. The normalized spacial score (nSPS) is 14.4. The molecule has 0 saturated heterocycles. The van der Waals surface area contributed by atoms with Gasteiger partial charge < -0.3 is 16.3 Å². The Morgan fingerprint density at radius 2 is 1.95 bits per heavy atom. The highest BCUT2D eigenvalue weighted by Crippen LogP contribution is 2.20. The van der Waals surface area contributed by atoms with Crippen molar-refractivity contribution in [2.45, 2.75) is 40.2 Å². The second kappa shape index (κ2) is 6.57. The third kappa shape index (κ3) is 4.56. The summed E-state index contributed by atoms with van der Waals surface area (Å²) in [5.41, 5.74) is 7.91. The van der Waals surface area contributed by atoms with Crippen LogP contribution in [-0.2, 0) is 0 Å². The average Bonchev–Trinajstić information content (AvgIpc) is 2.38.